The Balaban J connectivity index is 1.59. The summed E-state index contributed by atoms with van der Waals surface area (Å²) in [6.07, 6.45) is 5.20. The number of aryl methyl sites for hydroxylation is 1. The SMILES string of the molecule is Cc1noc([C@]23C[C@H](NC(=O)c4ccncn4)CC2CN(S(C)(=O)=O)C3)n1. The molecule has 2 aromatic heterocycles. The minimum Gasteiger partial charge on any atom is -0.348 e. The first-order valence-electron chi connectivity index (χ1n) is 8.61. The fraction of sp³-hybridized carbons (Fsp3) is 0.562. The molecular weight excluding hydrogens is 372 g/mol. The Morgan fingerprint density at radius 2 is 2.26 bits per heavy atom. The molecule has 27 heavy (non-hydrogen) atoms. The van der Waals surface area contributed by atoms with E-state index in [1.165, 1.54) is 23.1 Å². The maximum atomic E-state index is 12.4. The fourth-order valence-electron chi connectivity index (χ4n) is 4.20. The van der Waals surface area contributed by atoms with Crippen LogP contribution in [-0.2, 0) is 15.4 Å². The van der Waals surface area contributed by atoms with Crippen LogP contribution >= 0.6 is 0 Å². The zero-order valence-corrected chi connectivity index (χ0v) is 15.8. The van der Waals surface area contributed by atoms with Gasteiger partial charge in [-0.3, -0.25) is 4.79 Å². The molecule has 1 aliphatic carbocycles. The van der Waals surface area contributed by atoms with Crippen molar-refractivity contribution in [2.75, 3.05) is 19.3 Å². The zero-order chi connectivity index (χ0) is 19.2. The lowest BCUT2D eigenvalue weighted by Crippen LogP contribution is -2.39. The average Bonchev–Trinajstić information content (AvgIpc) is 3.27. The van der Waals surface area contributed by atoms with Gasteiger partial charge in [0.25, 0.3) is 5.91 Å². The van der Waals surface area contributed by atoms with E-state index in [0.717, 1.165) is 0 Å². The number of nitrogens with one attached hydrogen (secondary N) is 1. The van der Waals surface area contributed by atoms with Gasteiger partial charge >= 0.3 is 0 Å². The molecule has 1 N–H and O–H groups in total. The molecule has 11 heteroatoms. The number of nitrogens with zero attached hydrogens (tertiary/aromatic N) is 5. The van der Waals surface area contributed by atoms with Crippen LogP contribution in [0, 0.1) is 12.8 Å². The van der Waals surface area contributed by atoms with Crippen LogP contribution in [-0.4, -0.2) is 64.1 Å². The number of hydrogen-bond acceptors (Lipinski definition) is 8. The highest BCUT2D eigenvalue weighted by molar-refractivity contribution is 7.88. The second-order valence-corrected chi connectivity index (χ2v) is 9.24. The van der Waals surface area contributed by atoms with Crippen molar-refractivity contribution >= 4 is 15.9 Å². The Labute approximate surface area is 156 Å². The first-order chi connectivity index (χ1) is 12.8. The van der Waals surface area contributed by atoms with Crippen LogP contribution in [0.2, 0.25) is 0 Å². The molecule has 1 aliphatic heterocycles. The van der Waals surface area contributed by atoms with E-state index in [1.54, 1.807) is 13.0 Å². The van der Waals surface area contributed by atoms with Crippen molar-refractivity contribution in [2.45, 2.75) is 31.2 Å². The van der Waals surface area contributed by atoms with Crippen molar-refractivity contribution in [3.05, 3.63) is 36.0 Å². The number of amides is 1. The van der Waals surface area contributed by atoms with E-state index >= 15 is 0 Å². The molecule has 2 fully saturated rings. The van der Waals surface area contributed by atoms with Gasteiger partial charge in [-0.15, -0.1) is 0 Å². The van der Waals surface area contributed by atoms with Crippen LogP contribution in [0.1, 0.15) is 35.0 Å². The van der Waals surface area contributed by atoms with Crippen molar-refractivity contribution in [3.63, 3.8) is 0 Å². The number of sulfonamides is 1. The van der Waals surface area contributed by atoms with Crippen LogP contribution in [0.4, 0.5) is 0 Å². The monoisotopic (exact) mass is 392 g/mol. The molecule has 10 nitrogen and oxygen atoms in total. The Kier molecular flexibility index (Phi) is 4.22. The lowest BCUT2D eigenvalue weighted by atomic mass is 9.80. The molecule has 0 radical (unpaired) electrons. The third kappa shape index (κ3) is 3.21. The molecule has 1 amide bonds. The van der Waals surface area contributed by atoms with Crippen molar-refractivity contribution in [2.24, 2.45) is 5.92 Å². The number of carbonyl (C=O) groups is 1. The second-order valence-electron chi connectivity index (χ2n) is 7.26. The van der Waals surface area contributed by atoms with Crippen LogP contribution in [0.15, 0.2) is 23.1 Å². The lowest BCUT2D eigenvalue weighted by molar-refractivity contribution is 0.0929. The highest BCUT2D eigenvalue weighted by atomic mass is 32.2. The van der Waals surface area contributed by atoms with Crippen LogP contribution < -0.4 is 5.32 Å². The van der Waals surface area contributed by atoms with Gasteiger partial charge in [-0.2, -0.15) is 4.98 Å². The maximum absolute atomic E-state index is 12.4. The van der Waals surface area contributed by atoms with Gasteiger partial charge in [-0.1, -0.05) is 5.16 Å². The summed E-state index contributed by atoms with van der Waals surface area (Å²) in [5, 5.41) is 6.87. The first-order valence-corrected chi connectivity index (χ1v) is 10.5. The largest absolute Gasteiger partial charge is 0.348 e. The van der Waals surface area contributed by atoms with Crippen LogP contribution in [0.5, 0.6) is 0 Å². The topological polar surface area (TPSA) is 131 Å². The maximum Gasteiger partial charge on any atom is 0.270 e. The molecule has 0 spiro atoms. The molecule has 2 aliphatic rings. The van der Waals surface area contributed by atoms with Gasteiger partial charge in [-0.05, 0) is 31.7 Å². The number of rotatable bonds is 4. The van der Waals surface area contributed by atoms with E-state index in [0.29, 0.717) is 36.8 Å². The summed E-state index contributed by atoms with van der Waals surface area (Å²) in [5.74, 6) is 0.654. The number of aromatic nitrogens is 4. The Hall–Kier alpha value is -2.40. The molecule has 4 rings (SSSR count). The third-order valence-electron chi connectivity index (χ3n) is 5.42. The Morgan fingerprint density at radius 3 is 2.89 bits per heavy atom. The number of fused-ring (bicyclic) bond motifs is 1. The molecule has 0 bridgehead atoms. The molecule has 1 saturated carbocycles. The Bertz CT molecular complexity index is 962. The highest BCUT2D eigenvalue weighted by Gasteiger charge is 2.59. The minimum atomic E-state index is -3.33. The summed E-state index contributed by atoms with van der Waals surface area (Å²) in [4.78, 5) is 24.6. The van der Waals surface area contributed by atoms with Crippen molar-refractivity contribution < 1.29 is 17.7 Å². The van der Waals surface area contributed by atoms with Gasteiger partial charge in [0, 0.05) is 25.3 Å². The lowest BCUT2D eigenvalue weighted by Gasteiger charge is -2.24. The molecule has 0 aromatic carbocycles. The predicted molar refractivity (Wildman–Crippen MR) is 93.1 cm³/mol. The van der Waals surface area contributed by atoms with Crippen molar-refractivity contribution in [1.29, 1.82) is 0 Å². The third-order valence-corrected chi connectivity index (χ3v) is 6.63. The molecular formula is C16H20N6O4S. The summed E-state index contributed by atoms with van der Waals surface area (Å²) < 4.78 is 31.0. The van der Waals surface area contributed by atoms with Crippen molar-refractivity contribution in [1.82, 2.24) is 29.7 Å². The summed E-state index contributed by atoms with van der Waals surface area (Å²) >= 11 is 0. The van der Waals surface area contributed by atoms with E-state index in [1.807, 2.05) is 0 Å². The van der Waals surface area contributed by atoms with E-state index in [2.05, 4.69) is 25.4 Å². The van der Waals surface area contributed by atoms with Gasteiger partial charge in [0.05, 0.1) is 11.7 Å². The average molecular weight is 392 g/mol. The van der Waals surface area contributed by atoms with Gasteiger partial charge in [0.15, 0.2) is 5.82 Å². The van der Waals surface area contributed by atoms with E-state index in [-0.39, 0.29) is 24.4 Å². The molecule has 2 aromatic rings. The first kappa shape index (κ1) is 18.0. The Morgan fingerprint density at radius 1 is 1.44 bits per heavy atom. The standard InChI is InChI=1S/C16H20N6O4S/c1-10-19-15(26-21-10)16-6-12(20-14(23)13-3-4-17-9-18-13)5-11(16)7-22(8-16)27(2,24)25/h3-4,9,11-12H,5-8H2,1-2H3,(H,20,23)/t11?,12-,16+/m1/s1. The summed E-state index contributed by atoms with van der Waals surface area (Å²) in [6, 6.07) is 1.42. The van der Waals surface area contributed by atoms with Crippen molar-refractivity contribution in [3.8, 4) is 0 Å². The molecule has 3 atom stereocenters. The predicted octanol–water partition coefficient (Wildman–Crippen LogP) is -0.110. The molecule has 144 valence electrons. The minimum absolute atomic E-state index is 0.0113. The van der Waals surface area contributed by atoms with Gasteiger partial charge in [0.1, 0.15) is 12.0 Å². The highest BCUT2D eigenvalue weighted by Crippen LogP contribution is 2.50. The van der Waals surface area contributed by atoms with E-state index < -0.39 is 15.4 Å². The summed E-state index contributed by atoms with van der Waals surface area (Å²) in [6.45, 7) is 2.38. The quantitative estimate of drug-likeness (QED) is 0.762. The summed E-state index contributed by atoms with van der Waals surface area (Å²) in [5.41, 5.74) is -0.295. The van der Waals surface area contributed by atoms with E-state index in [9.17, 15) is 13.2 Å². The zero-order valence-electron chi connectivity index (χ0n) is 15.0. The van der Waals surface area contributed by atoms with Crippen LogP contribution in [0.25, 0.3) is 0 Å². The smallest absolute Gasteiger partial charge is 0.270 e. The number of carbonyl (C=O) groups excluding carboxylic acids is 1. The molecule has 1 saturated heterocycles. The summed E-state index contributed by atoms with van der Waals surface area (Å²) in [7, 11) is -3.33. The molecule has 3 heterocycles. The van der Waals surface area contributed by atoms with E-state index in [4.69, 9.17) is 4.52 Å². The van der Waals surface area contributed by atoms with Crippen LogP contribution in [0.3, 0.4) is 0 Å². The number of hydrogen-bond donors (Lipinski definition) is 1. The van der Waals surface area contributed by atoms with Gasteiger partial charge in [-0.25, -0.2) is 22.7 Å². The van der Waals surface area contributed by atoms with Gasteiger partial charge < -0.3 is 9.84 Å². The van der Waals surface area contributed by atoms with Gasteiger partial charge in [0.2, 0.25) is 15.9 Å². The normalized spacial score (nSPS) is 28.2. The molecule has 1 unspecified atom stereocenters. The fourth-order valence-corrected chi connectivity index (χ4v) is 5.12. The second kappa shape index (κ2) is 6.34.